The molecule has 1 N–H and O–H groups in total. The van der Waals surface area contributed by atoms with Crippen LogP contribution in [0.2, 0.25) is 5.02 Å². The lowest BCUT2D eigenvalue weighted by molar-refractivity contribution is -0.386. The number of rotatable bonds is 3. The number of alkyl halides is 1. The van der Waals surface area contributed by atoms with Crippen LogP contribution >= 0.6 is 27.5 Å². The molecule has 0 aliphatic carbocycles. The molecule has 0 aliphatic rings. The Balaban J connectivity index is 3.29. The van der Waals surface area contributed by atoms with Crippen molar-refractivity contribution in [1.82, 2.24) is 0 Å². The van der Waals surface area contributed by atoms with Crippen molar-refractivity contribution in [2.45, 2.75) is 6.10 Å². The smallest absolute Gasteiger partial charge is 0.276 e. The molecule has 1 aromatic carbocycles. The molecule has 0 saturated heterocycles. The zero-order chi connectivity index (χ0) is 10.7. The number of nitro benzene ring substituents is 1. The Kier molecular flexibility index (Phi) is 3.86. The van der Waals surface area contributed by atoms with Crippen LogP contribution in [0.1, 0.15) is 11.7 Å². The van der Waals surface area contributed by atoms with Crippen LogP contribution in [0.15, 0.2) is 18.2 Å². The number of benzene rings is 1. The minimum absolute atomic E-state index is 0.149. The first-order chi connectivity index (χ1) is 6.57. The van der Waals surface area contributed by atoms with E-state index in [0.717, 1.165) is 0 Å². The van der Waals surface area contributed by atoms with Gasteiger partial charge in [0.15, 0.2) is 0 Å². The Bertz CT molecular complexity index is 358. The summed E-state index contributed by atoms with van der Waals surface area (Å²) in [5.74, 6) is 0. The molecule has 1 unspecified atom stereocenters. The molecular formula is C8H7BrClNO3. The van der Waals surface area contributed by atoms with E-state index in [4.69, 9.17) is 11.6 Å². The Morgan fingerprint density at radius 1 is 1.64 bits per heavy atom. The van der Waals surface area contributed by atoms with Crippen molar-refractivity contribution >= 4 is 33.2 Å². The van der Waals surface area contributed by atoms with Gasteiger partial charge >= 0.3 is 0 Å². The monoisotopic (exact) mass is 279 g/mol. The van der Waals surface area contributed by atoms with Gasteiger partial charge in [0.1, 0.15) is 0 Å². The summed E-state index contributed by atoms with van der Waals surface area (Å²) in [7, 11) is 0. The molecule has 0 spiro atoms. The molecule has 0 aliphatic heterocycles. The van der Waals surface area contributed by atoms with E-state index in [2.05, 4.69) is 15.9 Å². The van der Waals surface area contributed by atoms with Gasteiger partial charge in [0.25, 0.3) is 5.69 Å². The van der Waals surface area contributed by atoms with Crippen LogP contribution in [-0.4, -0.2) is 15.4 Å². The third-order valence-electron chi connectivity index (χ3n) is 1.71. The van der Waals surface area contributed by atoms with Crippen LogP contribution in [0.25, 0.3) is 0 Å². The molecule has 1 atom stereocenters. The third-order valence-corrected chi connectivity index (χ3v) is 2.65. The minimum Gasteiger partial charge on any atom is -0.387 e. The van der Waals surface area contributed by atoms with Gasteiger partial charge in [-0.25, -0.2) is 0 Å². The second-order valence-electron chi connectivity index (χ2n) is 2.60. The summed E-state index contributed by atoms with van der Waals surface area (Å²) >= 11 is 8.80. The first-order valence-electron chi connectivity index (χ1n) is 3.74. The van der Waals surface area contributed by atoms with Crippen LogP contribution in [0.5, 0.6) is 0 Å². The Hall–Kier alpha value is -0.650. The summed E-state index contributed by atoms with van der Waals surface area (Å²) in [5, 5.41) is 20.5. The number of aliphatic hydroxyl groups excluding tert-OH is 1. The number of halogens is 2. The Morgan fingerprint density at radius 3 is 2.79 bits per heavy atom. The van der Waals surface area contributed by atoms with Crippen molar-refractivity contribution < 1.29 is 10.0 Å². The highest BCUT2D eigenvalue weighted by atomic mass is 79.9. The van der Waals surface area contributed by atoms with Crippen molar-refractivity contribution in [2.75, 3.05) is 5.33 Å². The van der Waals surface area contributed by atoms with Gasteiger partial charge in [-0.15, -0.1) is 0 Å². The van der Waals surface area contributed by atoms with Crippen LogP contribution in [0.3, 0.4) is 0 Å². The molecule has 1 rings (SSSR count). The predicted molar refractivity (Wildman–Crippen MR) is 56.9 cm³/mol. The fourth-order valence-corrected chi connectivity index (χ4v) is 1.71. The van der Waals surface area contributed by atoms with Crippen LogP contribution in [-0.2, 0) is 0 Å². The number of aliphatic hydroxyl groups is 1. The van der Waals surface area contributed by atoms with Crippen LogP contribution in [0.4, 0.5) is 5.69 Å². The van der Waals surface area contributed by atoms with Gasteiger partial charge in [0, 0.05) is 11.4 Å². The quantitative estimate of drug-likeness (QED) is 0.526. The van der Waals surface area contributed by atoms with Crippen molar-refractivity contribution in [3.05, 3.63) is 38.9 Å². The summed E-state index contributed by atoms with van der Waals surface area (Å²) in [5.41, 5.74) is -0.0134. The molecular weight excluding hydrogens is 273 g/mol. The average molecular weight is 281 g/mol. The van der Waals surface area contributed by atoms with E-state index in [1.54, 1.807) is 0 Å². The maximum absolute atomic E-state index is 10.6. The predicted octanol–water partition coefficient (Wildman–Crippen LogP) is 2.68. The fourth-order valence-electron chi connectivity index (χ4n) is 1.09. The van der Waals surface area contributed by atoms with Gasteiger partial charge in [0.05, 0.1) is 21.6 Å². The molecule has 0 aromatic heterocycles. The average Bonchev–Trinajstić information content (AvgIpc) is 2.16. The lowest BCUT2D eigenvalue weighted by atomic mass is 10.1. The summed E-state index contributed by atoms with van der Waals surface area (Å²) in [6.07, 6.45) is -0.968. The first-order valence-corrected chi connectivity index (χ1v) is 5.24. The third kappa shape index (κ3) is 2.23. The molecule has 0 bridgehead atoms. The zero-order valence-corrected chi connectivity index (χ0v) is 9.33. The first kappa shape index (κ1) is 11.4. The summed E-state index contributed by atoms with van der Waals surface area (Å²) in [6.45, 7) is 0. The van der Waals surface area contributed by atoms with Crippen molar-refractivity contribution in [3.8, 4) is 0 Å². The molecule has 0 fully saturated rings. The van der Waals surface area contributed by atoms with E-state index in [-0.39, 0.29) is 21.6 Å². The number of nitro groups is 1. The minimum atomic E-state index is -0.968. The second-order valence-corrected chi connectivity index (χ2v) is 3.65. The van der Waals surface area contributed by atoms with E-state index in [1.165, 1.54) is 18.2 Å². The largest absolute Gasteiger partial charge is 0.387 e. The summed E-state index contributed by atoms with van der Waals surface area (Å²) in [6, 6.07) is 4.30. The summed E-state index contributed by atoms with van der Waals surface area (Å²) < 4.78 is 0. The van der Waals surface area contributed by atoms with Gasteiger partial charge in [0.2, 0.25) is 0 Å². The molecule has 0 radical (unpaired) electrons. The van der Waals surface area contributed by atoms with E-state index in [1.807, 2.05) is 0 Å². The lowest BCUT2D eigenvalue weighted by Gasteiger charge is -2.09. The Labute approximate surface area is 93.8 Å². The highest BCUT2D eigenvalue weighted by molar-refractivity contribution is 9.09. The fraction of sp³-hybridized carbons (Fsp3) is 0.250. The lowest BCUT2D eigenvalue weighted by Crippen LogP contribution is -2.04. The van der Waals surface area contributed by atoms with Crippen LogP contribution in [0, 0.1) is 10.1 Å². The van der Waals surface area contributed by atoms with Crippen LogP contribution < -0.4 is 0 Å². The normalized spacial score (nSPS) is 12.5. The molecule has 14 heavy (non-hydrogen) atoms. The van der Waals surface area contributed by atoms with Crippen molar-refractivity contribution in [1.29, 1.82) is 0 Å². The number of hydrogen-bond donors (Lipinski definition) is 1. The number of hydrogen-bond acceptors (Lipinski definition) is 3. The molecule has 0 heterocycles. The van der Waals surface area contributed by atoms with Gasteiger partial charge in [-0.3, -0.25) is 10.1 Å². The highest BCUT2D eigenvalue weighted by Crippen LogP contribution is 2.32. The van der Waals surface area contributed by atoms with Crippen molar-refractivity contribution in [3.63, 3.8) is 0 Å². The molecule has 0 amide bonds. The molecule has 6 heteroatoms. The maximum Gasteiger partial charge on any atom is 0.276 e. The van der Waals surface area contributed by atoms with Gasteiger partial charge in [-0.05, 0) is 6.07 Å². The van der Waals surface area contributed by atoms with E-state index < -0.39 is 11.0 Å². The SMILES string of the molecule is O=[N+]([O-])c1cccc(Cl)c1C(O)CBr. The second kappa shape index (κ2) is 4.72. The van der Waals surface area contributed by atoms with Gasteiger partial charge in [-0.1, -0.05) is 33.6 Å². The molecule has 4 nitrogen and oxygen atoms in total. The van der Waals surface area contributed by atoms with Gasteiger partial charge < -0.3 is 5.11 Å². The maximum atomic E-state index is 10.6. The molecule has 0 saturated carbocycles. The van der Waals surface area contributed by atoms with E-state index in [9.17, 15) is 15.2 Å². The van der Waals surface area contributed by atoms with E-state index >= 15 is 0 Å². The Morgan fingerprint density at radius 2 is 2.29 bits per heavy atom. The topological polar surface area (TPSA) is 63.4 Å². The standard InChI is InChI=1S/C8H7BrClNO3/c9-4-7(12)8-5(10)2-1-3-6(8)11(13)14/h1-3,7,12H,4H2. The molecule has 76 valence electrons. The highest BCUT2D eigenvalue weighted by Gasteiger charge is 2.22. The molecule has 1 aromatic rings. The van der Waals surface area contributed by atoms with Gasteiger partial charge in [-0.2, -0.15) is 0 Å². The zero-order valence-electron chi connectivity index (χ0n) is 6.98. The summed E-state index contributed by atoms with van der Waals surface area (Å²) in [4.78, 5) is 10.1. The van der Waals surface area contributed by atoms with Crippen molar-refractivity contribution in [2.24, 2.45) is 0 Å². The number of nitrogens with zero attached hydrogens (tertiary/aromatic N) is 1. The van der Waals surface area contributed by atoms with E-state index in [0.29, 0.717) is 0 Å².